The average Bonchev–Trinajstić information content (AvgIpc) is 3.67. The highest BCUT2D eigenvalue weighted by atomic mass is 32.1. The van der Waals surface area contributed by atoms with Gasteiger partial charge in [0.15, 0.2) is 8.32 Å². The molecule has 402 valence electrons. The van der Waals surface area contributed by atoms with Crippen LogP contribution in [-0.4, -0.2) is 140 Å². The molecule has 0 spiro atoms. The van der Waals surface area contributed by atoms with E-state index in [9.17, 15) is 28.8 Å². The quantitative estimate of drug-likeness (QED) is 0.115. The molecule has 3 aliphatic heterocycles. The highest BCUT2D eigenvalue weighted by molar-refractivity contribution is 7.59. The first kappa shape index (κ1) is 64.7. The van der Waals surface area contributed by atoms with Gasteiger partial charge in [0, 0.05) is 71.6 Å². The van der Waals surface area contributed by atoms with Crippen LogP contribution in [0.2, 0.25) is 18.1 Å². The fourth-order valence-electron chi connectivity index (χ4n) is 7.07. The summed E-state index contributed by atoms with van der Waals surface area (Å²) >= 11 is 0. The molecule has 0 bridgehead atoms. The Morgan fingerprint density at radius 2 is 1.14 bits per heavy atom. The fourth-order valence-corrected chi connectivity index (χ4v) is 8.11. The highest BCUT2D eigenvalue weighted by Gasteiger charge is 2.42. The van der Waals surface area contributed by atoms with E-state index in [0.29, 0.717) is 64.9 Å². The van der Waals surface area contributed by atoms with Crippen molar-refractivity contribution in [1.29, 1.82) is 0 Å². The van der Waals surface area contributed by atoms with Crippen LogP contribution in [-0.2, 0) is 51.0 Å². The number of nitrogens with zero attached hydrogens (tertiary/aromatic N) is 4. The van der Waals surface area contributed by atoms with Gasteiger partial charge in [-0.1, -0.05) is 94.8 Å². The number of hydrogen-bond acceptors (Lipinski definition) is 12. The van der Waals surface area contributed by atoms with Crippen LogP contribution in [0, 0.1) is 5.92 Å². The zero-order valence-corrected chi connectivity index (χ0v) is 47.7. The van der Waals surface area contributed by atoms with Crippen LogP contribution in [0.5, 0.6) is 0 Å². The topological polar surface area (TPSA) is 174 Å². The number of amides is 5. The molecule has 5 rings (SSSR count). The van der Waals surface area contributed by atoms with Gasteiger partial charge in [0.1, 0.15) is 24.4 Å². The first-order chi connectivity index (χ1) is 32.3. The second kappa shape index (κ2) is 30.7. The number of esters is 1. The minimum absolute atomic E-state index is 0. The molecule has 2 aromatic rings. The number of carbonyl (C=O) groups is 6. The molecule has 3 fully saturated rings. The standard InChI is InChI=1S/C24H36N2O5.C19H29NO4Si.C9H18N2O2.2H2S/c1-5-19(17-22(28)30-18-20-9-7-6-8-10-20)11-12-21(27)25-13-15-26(16-14-25)23(29)31-24(2,3)4;1-19(2,3)25(4,5)24-14-16-11-12-17(21)20(16)18(22)23-13-15-9-7-6-8-10-15;1-9(2,3)13-8(12)11-6-4-10-5-7-11;;/h6-10,19H,5,11-18H2,1-4H3;6-10,16H,11-14H2,1-5H3;10H,4-7H2,1-3H3;2*1H2/t19-;16-;;;/m10.../s1. The first-order valence-electron chi connectivity index (χ1n) is 24.6. The van der Waals surface area contributed by atoms with Gasteiger partial charge in [0.2, 0.25) is 11.8 Å². The first-order valence-corrected chi connectivity index (χ1v) is 27.5. The van der Waals surface area contributed by atoms with Crippen molar-refractivity contribution in [2.24, 2.45) is 5.92 Å². The molecule has 0 radical (unpaired) electrons. The minimum Gasteiger partial charge on any atom is -0.461 e. The molecule has 3 heterocycles. The lowest BCUT2D eigenvalue weighted by molar-refractivity contribution is -0.146. The Morgan fingerprint density at radius 1 is 0.676 bits per heavy atom. The van der Waals surface area contributed by atoms with Crippen LogP contribution in [0.3, 0.4) is 0 Å². The molecule has 5 amide bonds. The van der Waals surface area contributed by atoms with Crippen molar-refractivity contribution in [2.75, 3.05) is 59.0 Å². The van der Waals surface area contributed by atoms with Crippen LogP contribution in [0.15, 0.2) is 60.7 Å². The minimum atomic E-state index is -1.92. The van der Waals surface area contributed by atoms with Gasteiger partial charge < -0.3 is 43.4 Å². The summed E-state index contributed by atoms with van der Waals surface area (Å²) in [6, 6.07) is 18.8. The van der Waals surface area contributed by atoms with Crippen LogP contribution in [0.4, 0.5) is 14.4 Å². The van der Waals surface area contributed by atoms with Crippen molar-refractivity contribution in [1.82, 2.24) is 24.9 Å². The fraction of sp³-hybridized carbons (Fsp3) is 0.654. The van der Waals surface area contributed by atoms with Gasteiger partial charge in [-0.2, -0.15) is 27.0 Å². The number of imide groups is 1. The smallest absolute Gasteiger partial charge is 0.417 e. The average molecular weight is 1050 g/mol. The van der Waals surface area contributed by atoms with Gasteiger partial charge in [-0.25, -0.2) is 19.3 Å². The number of benzene rings is 2. The molecule has 0 aliphatic carbocycles. The number of nitrogens with one attached hydrogen (secondary N) is 1. The maximum Gasteiger partial charge on any atom is 0.417 e. The lowest BCUT2D eigenvalue weighted by Gasteiger charge is -2.37. The van der Waals surface area contributed by atoms with Crippen LogP contribution >= 0.6 is 27.0 Å². The van der Waals surface area contributed by atoms with Crippen LogP contribution in [0.25, 0.3) is 0 Å². The van der Waals surface area contributed by atoms with Crippen molar-refractivity contribution in [3.05, 3.63) is 71.8 Å². The second-order valence-corrected chi connectivity index (χ2v) is 26.1. The van der Waals surface area contributed by atoms with E-state index in [4.69, 9.17) is 23.4 Å². The van der Waals surface area contributed by atoms with E-state index in [-0.39, 0.29) is 92.8 Å². The molecule has 0 saturated carbocycles. The van der Waals surface area contributed by atoms with Gasteiger partial charge in [-0.15, -0.1) is 0 Å². The maximum absolute atomic E-state index is 12.6. The summed E-state index contributed by atoms with van der Waals surface area (Å²) in [6.07, 6.45) is 2.09. The van der Waals surface area contributed by atoms with Gasteiger partial charge >= 0.3 is 24.2 Å². The normalized spacial score (nSPS) is 16.6. The van der Waals surface area contributed by atoms with Gasteiger partial charge in [-0.3, -0.25) is 14.4 Å². The summed E-state index contributed by atoms with van der Waals surface area (Å²) in [5.41, 5.74) is 0.949. The molecule has 2 aromatic carbocycles. The second-order valence-electron chi connectivity index (χ2n) is 21.3. The molecular formula is C52H87N5O11S2Si. The third kappa shape index (κ3) is 24.3. The van der Waals surface area contributed by atoms with Crippen LogP contribution < -0.4 is 5.32 Å². The van der Waals surface area contributed by atoms with E-state index in [1.54, 1.807) is 14.7 Å². The molecule has 19 heteroatoms. The lowest BCUT2D eigenvalue weighted by Crippen LogP contribution is -2.51. The zero-order valence-electron chi connectivity index (χ0n) is 44.7. The van der Waals surface area contributed by atoms with Gasteiger partial charge in [-0.05, 0) is 89.6 Å². The molecule has 16 nitrogen and oxygen atoms in total. The molecule has 3 saturated heterocycles. The number of likely N-dealkylation sites (tertiary alicyclic amines) is 1. The number of carbonyl (C=O) groups excluding carboxylic acids is 6. The van der Waals surface area contributed by atoms with Crippen LogP contribution in [0.1, 0.15) is 119 Å². The van der Waals surface area contributed by atoms with E-state index in [1.807, 2.05) is 109 Å². The van der Waals surface area contributed by atoms with E-state index >= 15 is 0 Å². The SMILES string of the molecule is CC(C)(C)OC(=O)N1CCNCC1.CC(C)(C)[Si](C)(C)OC[C@@H]1CCC(=O)N1C(=O)OCc1ccccc1.CC[C@H](CCC(=O)N1CCN(C(=O)OC(C)(C)C)CC1)CC(=O)OCc1ccccc1.S.S. The third-order valence-electron chi connectivity index (χ3n) is 12.3. The summed E-state index contributed by atoms with van der Waals surface area (Å²) < 4.78 is 27.5. The zero-order chi connectivity index (χ0) is 51.4. The van der Waals surface area contributed by atoms with Crippen molar-refractivity contribution >= 4 is 71.4 Å². The van der Waals surface area contributed by atoms with Crippen molar-refractivity contribution in [3.63, 3.8) is 0 Å². The number of piperazine rings is 2. The van der Waals surface area contributed by atoms with E-state index in [0.717, 1.165) is 43.7 Å². The predicted octanol–water partition coefficient (Wildman–Crippen LogP) is 9.39. The maximum atomic E-state index is 12.6. The Morgan fingerprint density at radius 3 is 1.61 bits per heavy atom. The molecule has 0 unspecified atom stereocenters. The predicted molar refractivity (Wildman–Crippen MR) is 289 cm³/mol. The summed E-state index contributed by atoms with van der Waals surface area (Å²) in [5.74, 6) is -0.216. The van der Waals surface area contributed by atoms with Crippen molar-refractivity contribution in [2.45, 2.75) is 156 Å². The molecule has 0 aromatic heterocycles. The van der Waals surface area contributed by atoms with Crippen molar-refractivity contribution in [3.8, 4) is 0 Å². The molecule has 1 N–H and O–H groups in total. The third-order valence-corrected chi connectivity index (χ3v) is 16.8. The summed E-state index contributed by atoms with van der Waals surface area (Å²) in [4.78, 5) is 79.4. The molecule has 71 heavy (non-hydrogen) atoms. The van der Waals surface area contributed by atoms with E-state index in [2.05, 4.69) is 39.2 Å². The highest BCUT2D eigenvalue weighted by Crippen LogP contribution is 2.37. The molecule has 3 aliphatic rings. The molecular weight excluding hydrogens is 963 g/mol. The van der Waals surface area contributed by atoms with Crippen molar-refractivity contribution < 1.29 is 52.1 Å². The van der Waals surface area contributed by atoms with Gasteiger partial charge in [0.05, 0.1) is 12.6 Å². The van der Waals surface area contributed by atoms with E-state index < -0.39 is 20.0 Å². The Hall–Kier alpha value is -4.30. The Labute approximate surface area is 439 Å². The van der Waals surface area contributed by atoms with E-state index in [1.165, 1.54) is 4.90 Å². The van der Waals surface area contributed by atoms with Gasteiger partial charge in [0.25, 0.3) is 0 Å². The molecule has 2 atom stereocenters. The lowest BCUT2D eigenvalue weighted by atomic mass is 9.96. The summed E-state index contributed by atoms with van der Waals surface area (Å²) in [7, 11) is -1.92. The largest absolute Gasteiger partial charge is 0.461 e. The number of ether oxygens (including phenoxy) is 4. The number of rotatable bonds is 13. The monoisotopic (exact) mass is 1050 g/mol. The Balaban J connectivity index is 0.000000564. The number of hydrogen-bond donors (Lipinski definition) is 1. The Kier molecular flexibility index (Phi) is 27.9. The Bertz CT molecular complexity index is 1930. The summed E-state index contributed by atoms with van der Waals surface area (Å²) in [5, 5.41) is 3.27. The summed E-state index contributed by atoms with van der Waals surface area (Å²) in [6.45, 7) is 30.1.